The average Bonchev–Trinajstić information content (AvgIpc) is 3.99. The number of rotatable bonds is 16. The molecule has 2 N–H and O–H groups in total. The molecule has 4 aromatic carbocycles. The molecule has 5 heterocycles. The average molecular weight is 847 g/mol. The molecule has 0 saturated carbocycles. The summed E-state index contributed by atoms with van der Waals surface area (Å²) in [5.74, 6) is 0. The fourth-order valence-electron chi connectivity index (χ4n) is 11.0. The van der Waals surface area contributed by atoms with E-state index in [2.05, 4.69) is 138 Å². The smallest absolute Gasteiger partial charge is 0.0737 e. The van der Waals surface area contributed by atoms with Crippen LogP contribution < -0.4 is 0 Å². The molecule has 8 bridgehead atoms. The number of nitrogens with zero attached hydrogens (tertiary/aromatic N) is 2. The van der Waals surface area contributed by atoms with Gasteiger partial charge in [0.05, 0.1) is 22.8 Å². The predicted octanol–water partition coefficient (Wildman–Crippen LogP) is 16.9. The molecule has 0 saturated heterocycles. The summed E-state index contributed by atoms with van der Waals surface area (Å²) < 4.78 is 0. The maximum Gasteiger partial charge on any atom is 0.0737 e. The first-order valence-corrected chi connectivity index (χ1v) is 25.3. The molecule has 0 atom stereocenters. The molecule has 7 aromatic rings. The van der Waals surface area contributed by atoms with Crippen molar-refractivity contribution < 1.29 is 0 Å². The molecule has 330 valence electrons. The molecule has 0 fully saturated rings. The highest BCUT2D eigenvalue weighted by atomic mass is 14.8. The van der Waals surface area contributed by atoms with Crippen molar-refractivity contribution in [1.29, 1.82) is 0 Å². The summed E-state index contributed by atoms with van der Waals surface area (Å²) in [7, 11) is 0. The molecule has 0 amide bonds. The van der Waals surface area contributed by atoms with E-state index < -0.39 is 0 Å². The highest BCUT2D eigenvalue weighted by Crippen LogP contribution is 2.43. The van der Waals surface area contributed by atoms with Crippen LogP contribution in [0, 0.1) is 0 Å². The number of hydrogen-bond donors (Lipinski definition) is 2. The third kappa shape index (κ3) is 8.12. The van der Waals surface area contributed by atoms with Crippen LogP contribution in [0.15, 0.2) is 72.8 Å². The maximum absolute atomic E-state index is 5.64. The van der Waals surface area contributed by atoms with Gasteiger partial charge in [0.15, 0.2) is 0 Å². The summed E-state index contributed by atoms with van der Waals surface area (Å²) in [4.78, 5) is 19.3. The van der Waals surface area contributed by atoms with Crippen LogP contribution in [0.2, 0.25) is 0 Å². The Morgan fingerprint density at radius 1 is 0.266 bits per heavy atom. The molecule has 0 aliphatic carbocycles. The topological polar surface area (TPSA) is 57.4 Å². The van der Waals surface area contributed by atoms with Gasteiger partial charge >= 0.3 is 0 Å². The van der Waals surface area contributed by atoms with Gasteiger partial charge in [0.1, 0.15) is 0 Å². The van der Waals surface area contributed by atoms with E-state index >= 15 is 0 Å². The van der Waals surface area contributed by atoms with E-state index in [-0.39, 0.29) is 0 Å². The number of benzene rings is 4. The van der Waals surface area contributed by atoms with Gasteiger partial charge in [-0.3, -0.25) is 0 Å². The van der Waals surface area contributed by atoms with Gasteiger partial charge in [0.25, 0.3) is 0 Å². The highest BCUT2D eigenvalue weighted by Gasteiger charge is 2.23. The van der Waals surface area contributed by atoms with E-state index in [1.165, 1.54) is 88.3 Å². The second-order valence-corrected chi connectivity index (χ2v) is 18.9. The van der Waals surface area contributed by atoms with Crippen molar-refractivity contribution >= 4 is 43.6 Å². The Hall–Kier alpha value is -5.48. The van der Waals surface area contributed by atoms with Gasteiger partial charge in [-0.25, -0.2) is 9.97 Å². The monoisotopic (exact) mass is 847 g/mol. The highest BCUT2D eigenvalue weighted by molar-refractivity contribution is 6.11. The van der Waals surface area contributed by atoms with Crippen molar-refractivity contribution in [1.82, 2.24) is 19.9 Å². The van der Waals surface area contributed by atoms with Crippen LogP contribution >= 0.6 is 0 Å². The van der Waals surface area contributed by atoms with E-state index in [1.807, 2.05) is 0 Å². The van der Waals surface area contributed by atoms with Gasteiger partial charge in [-0.2, -0.15) is 0 Å². The van der Waals surface area contributed by atoms with Gasteiger partial charge in [0, 0.05) is 65.9 Å². The normalized spacial score (nSPS) is 12.1. The fraction of sp³-hybridized carbons (Fsp3) is 0.400. The number of nitrogens with one attached hydrogen (secondary N) is 2. The molecule has 3 aromatic heterocycles. The standard InChI is InChI=1S/C60H70N4/c1-9-17-37-25-45-46(26-38(37)18-10-2)54-34-56-49-29-41(21-13-5)42(22-14-6)30-50(49)58(63-56)36-60-52-32-44(24-16-8)43(23-15-7)31-51(52)59(64-60)35-57-48-28-40(20-12-4)39(19-11-3)27-47(48)55(62-57)33-53(45)61-54/h25-36,61,64H,9-24H2,1-8H3. The Kier molecular flexibility index (Phi) is 12.9. The van der Waals surface area contributed by atoms with E-state index in [4.69, 9.17) is 9.97 Å². The Morgan fingerprint density at radius 3 is 0.641 bits per heavy atom. The molecule has 0 unspecified atom stereocenters. The number of aryl methyl sites for hydroxylation is 8. The number of hydrogen-bond acceptors (Lipinski definition) is 2. The van der Waals surface area contributed by atoms with Crippen molar-refractivity contribution in [3.63, 3.8) is 0 Å². The first kappa shape index (κ1) is 43.8. The maximum atomic E-state index is 5.64. The van der Waals surface area contributed by atoms with Crippen molar-refractivity contribution in [3.05, 3.63) is 117 Å². The molecule has 64 heavy (non-hydrogen) atoms. The summed E-state index contributed by atoms with van der Waals surface area (Å²) >= 11 is 0. The summed E-state index contributed by atoms with van der Waals surface area (Å²) in [6.45, 7) is 18.4. The minimum Gasteiger partial charge on any atom is -0.354 e. The van der Waals surface area contributed by atoms with E-state index in [0.29, 0.717) is 0 Å². The van der Waals surface area contributed by atoms with Crippen LogP contribution in [-0.2, 0) is 51.4 Å². The van der Waals surface area contributed by atoms with E-state index in [0.717, 1.165) is 148 Å². The van der Waals surface area contributed by atoms with Gasteiger partial charge < -0.3 is 9.97 Å². The SMILES string of the molecule is CCCc1cc2c(cc1CCC)-c1cc3[nH]c(cc4nc(cc5[nH]c(cc-2n1)c1cc(CCC)c(CCC)cc51)-c1cc(CCC)c(CCC)cc1-4)c1cc(CCC)c(CCC)cc31. The molecule has 0 radical (unpaired) electrons. The molecule has 4 heteroatoms. The first-order valence-electron chi connectivity index (χ1n) is 25.3. The van der Waals surface area contributed by atoms with Crippen LogP contribution in [0.25, 0.3) is 88.6 Å². The molecule has 4 nitrogen and oxygen atoms in total. The number of H-pyrrole nitrogens is 2. The Morgan fingerprint density at radius 2 is 0.453 bits per heavy atom. The number of aromatic amines is 2. The number of aromatic nitrogens is 4. The third-order valence-corrected chi connectivity index (χ3v) is 13.9. The molecular formula is C60H70N4. The van der Waals surface area contributed by atoms with Gasteiger partial charge in [0.2, 0.25) is 0 Å². The van der Waals surface area contributed by atoms with Crippen molar-refractivity contribution in [2.45, 2.75) is 158 Å². The van der Waals surface area contributed by atoms with Crippen molar-refractivity contribution in [3.8, 4) is 45.0 Å². The summed E-state index contributed by atoms with van der Waals surface area (Å²) in [5.41, 5.74) is 25.3. The summed E-state index contributed by atoms with van der Waals surface area (Å²) in [6, 6.07) is 29.4. The lowest BCUT2D eigenvalue weighted by Crippen LogP contribution is -1.96. The molecule has 9 rings (SSSR count). The second kappa shape index (κ2) is 18.9. The molecule has 2 aliphatic heterocycles. The summed E-state index contributed by atoms with van der Waals surface area (Å²) in [6.07, 6.45) is 17.6. The lowest BCUT2D eigenvalue weighted by molar-refractivity contribution is 0.862. The van der Waals surface area contributed by atoms with Crippen molar-refractivity contribution in [2.24, 2.45) is 0 Å². The number of fused-ring (bicyclic) bond motifs is 20. The van der Waals surface area contributed by atoms with Crippen molar-refractivity contribution in [2.75, 3.05) is 0 Å². The van der Waals surface area contributed by atoms with Crippen LogP contribution in [0.3, 0.4) is 0 Å². The van der Waals surface area contributed by atoms with E-state index in [1.54, 1.807) is 0 Å². The zero-order valence-corrected chi connectivity index (χ0v) is 40.1. The van der Waals surface area contributed by atoms with Crippen LogP contribution in [0.1, 0.15) is 151 Å². The molecule has 2 aliphatic rings. The predicted molar refractivity (Wildman–Crippen MR) is 277 cm³/mol. The van der Waals surface area contributed by atoms with Crippen LogP contribution in [0.5, 0.6) is 0 Å². The quantitative estimate of drug-likeness (QED) is 0.102. The third-order valence-electron chi connectivity index (χ3n) is 13.9. The lowest BCUT2D eigenvalue weighted by atomic mass is 9.91. The molecule has 0 spiro atoms. The van der Waals surface area contributed by atoms with Gasteiger partial charge in [-0.1, -0.05) is 107 Å². The van der Waals surface area contributed by atoms with Gasteiger partial charge in [-0.15, -0.1) is 0 Å². The Bertz CT molecular complexity index is 2640. The Balaban J connectivity index is 1.47. The van der Waals surface area contributed by atoms with Crippen LogP contribution in [0.4, 0.5) is 0 Å². The first-order chi connectivity index (χ1) is 31.3. The second-order valence-electron chi connectivity index (χ2n) is 18.9. The van der Waals surface area contributed by atoms with E-state index in [9.17, 15) is 0 Å². The fourth-order valence-corrected chi connectivity index (χ4v) is 11.0. The van der Waals surface area contributed by atoms with Crippen LogP contribution in [-0.4, -0.2) is 19.9 Å². The zero-order chi connectivity index (χ0) is 44.5. The minimum absolute atomic E-state index is 1.03. The minimum atomic E-state index is 1.03. The lowest BCUT2D eigenvalue weighted by Gasteiger charge is -2.12. The molecular weight excluding hydrogens is 777 g/mol. The Labute approximate surface area is 382 Å². The summed E-state index contributed by atoms with van der Waals surface area (Å²) in [5, 5.41) is 5.06. The van der Waals surface area contributed by atoms with Gasteiger partial charge in [-0.05, 0) is 169 Å². The zero-order valence-electron chi connectivity index (χ0n) is 40.1. The largest absolute Gasteiger partial charge is 0.354 e.